The Morgan fingerprint density at radius 2 is 0.632 bits per heavy atom. The first-order valence-electron chi connectivity index (χ1n) is 2.47. The summed E-state index contributed by atoms with van der Waals surface area (Å²) < 4.78 is 0. The maximum absolute atomic E-state index is 8.44. The summed E-state index contributed by atoms with van der Waals surface area (Å²) in [6, 6.07) is 0. The second kappa shape index (κ2) is 36.1. The summed E-state index contributed by atoms with van der Waals surface area (Å²) in [5.74, 6) is 0. The molecule has 0 bridgehead atoms. The van der Waals surface area contributed by atoms with E-state index < -0.39 is 24.6 Å². The van der Waals surface area contributed by atoms with Gasteiger partial charge in [0.15, 0.2) is 0 Å². The number of rotatable bonds is 0. The van der Waals surface area contributed by atoms with E-state index in [0.717, 1.165) is 0 Å². The van der Waals surface area contributed by atoms with E-state index in [2.05, 4.69) is 0 Å². The molecule has 19 heavy (non-hydrogen) atoms. The zero-order valence-corrected chi connectivity index (χ0v) is 9.88. The van der Waals surface area contributed by atoms with Crippen molar-refractivity contribution >= 4 is 42.0 Å². The van der Waals surface area contributed by atoms with Gasteiger partial charge in [-0.25, -0.2) is 0 Å². The van der Waals surface area contributed by atoms with Crippen LogP contribution in [-0.4, -0.2) is 47.1 Å². The minimum absolute atomic E-state index is 0. The van der Waals surface area contributed by atoms with Crippen molar-refractivity contribution in [2.45, 2.75) is 0 Å². The largest absolute Gasteiger partial charge is 4.00 e. The molecular formula is C5H4AlNO12. The molecule has 14 heteroatoms. The molecule has 0 spiro atoms. The molecule has 0 fully saturated rings. The second-order valence-electron chi connectivity index (χ2n) is 1.02. The molecule has 0 rings (SSSR count). The molecule has 0 amide bonds. The summed E-state index contributed by atoms with van der Waals surface area (Å²) in [6.07, 6.45) is -9.08. The Kier molecular flexibility index (Phi) is 83.3. The molecule has 0 unspecified atom stereocenters. The Hall–Kier alpha value is -2.43. The summed E-state index contributed by atoms with van der Waals surface area (Å²) in [4.78, 5) is 33.4. The van der Waals surface area contributed by atoms with Crippen LogP contribution in [0.5, 0.6) is 0 Å². The fourth-order valence-electron chi connectivity index (χ4n) is 0. The van der Waals surface area contributed by atoms with Crippen LogP contribution in [0.25, 0.3) is 0 Å². The zero-order chi connectivity index (χ0) is 14.3. The van der Waals surface area contributed by atoms with Gasteiger partial charge in [0.25, 0.3) is 0 Å². The molecule has 0 aliphatic rings. The molecule has 0 saturated carbocycles. The smallest absolute Gasteiger partial charge is 0.652 e. The van der Waals surface area contributed by atoms with E-state index in [9.17, 15) is 0 Å². The monoisotopic (exact) mass is 297 g/mol. The molecule has 4 N–H and O–H groups in total. The topological polar surface area (TPSA) is 285 Å². The average Bonchev–Trinajstić information content (AvgIpc) is 1.76. The third-order valence-corrected chi connectivity index (χ3v) is 0. The molecule has 0 saturated heterocycles. The van der Waals surface area contributed by atoms with Crippen LogP contribution in [0.1, 0.15) is 0 Å². The van der Waals surface area contributed by atoms with Crippen molar-refractivity contribution in [3.05, 3.63) is 7.43 Å². The fraction of sp³-hybridized carbons (Fsp3) is 0. The van der Waals surface area contributed by atoms with Gasteiger partial charge in [-0.15, -0.1) is 0 Å². The number of carboxylic acid groups (broad SMARTS) is 8. The van der Waals surface area contributed by atoms with Crippen molar-refractivity contribution in [2.75, 3.05) is 0 Å². The predicted molar refractivity (Wildman–Crippen MR) is 38.2 cm³/mol. The first-order valence-corrected chi connectivity index (χ1v) is 2.47. The van der Waals surface area contributed by atoms with Crippen molar-refractivity contribution < 1.29 is 60.0 Å². The Morgan fingerprint density at radius 3 is 0.632 bits per heavy atom. The maximum Gasteiger partial charge on any atom is 4.00 e. The van der Waals surface area contributed by atoms with Gasteiger partial charge in [-0.05, 0) is 18.5 Å². The molecule has 0 aliphatic carbocycles. The first kappa shape index (κ1) is 43.9. The third kappa shape index (κ3) is 487. The summed E-state index contributed by atoms with van der Waals surface area (Å²) >= 11 is 0. The van der Waals surface area contributed by atoms with Crippen LogP contribution in [0, 0.1) is 7.43 Å². The van der Waals surface area contributed by atoms with Crippen LogP contribution in [0.4, 0.5) is 19.2 Å². The van der Waals surface area contributed by atoms with E-state index in [4.69, 9.17) is 60.0 Å². The summed E-state index contributed by atoms with van der Waals surface area (Å²) in [5, 5.41) is 65.3. The molecule has 0 radical (unpaired) electrons. The Labute approximate surface area is 116 Å². The van der Waals surface area contributed by atoms with Crippen molar-refractivity contribution in [3.8, 4) is 0 Å². The normalized spacial score (nSPS) is 5.05. The van der Waals surface area contributed by atoms with Gasteiger partial charge in [-0.3, -0.25) is 0 Å². The first-order chi connectivity index (χ1) is 6.93. The number of carbonyl (C=O) groups excluding carboxylic acids is 3. The van der Waals surface area contributed by atoms with Gasteiger partial charge in [-0.1, -0.05) is 0 Å². The molecule has 0 aliphatic heterocycles. The zero-order valence-electron chi connectivity index (χ0n) is 8.72. The van der Waals surface area contributed by atoms with E-state index in [-0.39, 0.29) is 30.9 Å². The molecule has 0 atom stereocenters. The Morgan fingerprint density at radius 1 is 0.632 bits per heavy atom. The minimum Gasteiger partial charge on any atom is -0.652 e. The number of carbonyl (C=O) groups is 4. The van der Waals surface area contributed by atoms with Crippen LogP contribution in [-0.2, 0) is 0 Å². The van der Waals surface area contributed by atoms with Crippen molar-refractivity contribution in [1.82, 2.24) is 6.15 Å². The van der Waals surface area contributed by atoms with Crippen LogP contribution < -0.4 is 41.9 Å². The van der Waals surface area contributed by atoms with E-state index in [1.165, 1.54) is 0 Å². The molecule has 0 aromatic rings. The van der Waals surface area contributed by atoms with E-state index in [1.54, 1.807) is 0 Å². The van der Waals surface area contributed by atoms with Crippen LogP contribution in [0.2, 0.25) is 0 Å². The van der Waals surface area contributed by atoms with Gasteiger partial charge in [0.05, 0.1) is 0 Å². The van der Waals surface area contributed by atoms with Gasteiger partial charge in [0, 0.05) is 0 Å². The Balaban J connectivity index is -0.0000000192. The van der Waals surface area contributed by atoms with Crippen molar-refractivity contribution in [1.29, 1.82) is 0 Å². The number of hydrogen-bond acceptors (Lipinski definition) is 12. The quantitative estimate of drug-likeness (QED) is 0.392. The van der Waals surface area contributed by atoms with Gasteiger partial charge in [0.2, 0.25) is 6.16 Å². The SMILES string of the molecule is N.O=C([O-])O.O=C([O-])[O-].O=C([O-])[O-].O=C([O-])[O-].[Al+3].[C+4]. The summed E-state index contributed by atoms with van der Waals surface area (Å²) in [6.45, 7) is 0. The molecule has 0 aromatic heterocycles. The second-order valence-corrected chi connectivity index (χ2v) is 1.02. The summed E-state index contributed by atoms with van der Waals surface area (Å²) in [5.41, 5.74) is 0. The maximum atomic E-state index is 8.44. The Bertz CT molecular complexity index is 166. The van der Waals surface area contributed by atoms with Gasteiger partial charge in [-0.2, -0.15) is 0 Å². The van der Waals surface area contributed by atoms with E-state index in [0.29, 0.717) is 0 Å². The van der Waals surface area contributed by atoms with Crippen LogP contribution in [0.3, 0.4) is 0 Å². The van der Waals surface area contributed by atoms with Crippen molar-refractivity contribution in [2.24, 2.45) is 0 Å². The fourth-order valence-corrected chi connectivity index (χ4v) is 0. The van der Waals surface area contributed by atoms with Gasteiger partial charge in [0.1, 0.15) is 0 Å². The molecule has 13 nitrogen and oxygen atoms in total. The predicted octanol–water partition coefficient (Wildman–Crippen LogP) is -8.59. The minimum atomic E-state index is -2.33. The molecule has 104 valence electrons. The molecule has 0 heterocycles. The van der Waals surface area contributed by atoms with E-state index >= 15 is 0 Å². The summed E-state index contributed by atoms with van der Waals surface area (Å²) in [7, 11) is 0. The standard InChI is InChI=1S/4CH2O3.C.Al.H3N/c4*2-1(3)4;;;/h4*(H2,2,3,4);;;1H3/q;;;;+4;+3;/p-7. The van der Waals surface area contributed by atoms with Crippen LogP contribution in [0.15, 0.2) is 0 Å². The van der Waals surface area contributed by atoms with Crippen LogP contribution >= 0.6 is 0 Å². The third-order valence-electron chi connectivity index (χ3n) is 0. The molecular weight excluding hydrogens is 293 g/mol. The molecule has 0 aromatic carbocycles. The van der Waals surface area contributed by atoms with Gasteiger partial charge < -0.3 is 66.2 Å². The van der Waals surface area contributed by atoms with Gasteiger partial charge >= 0.3 is 24.8 Å². The average molecular weight is 297 g/mol. The van der Waals surface area contributed by atoms with E-state index in [1.807, 2.05) is 0 Å². The van der Waals surface area contributed by atoms with Crippen molar-refractivity contribution in [3.63, 3.8) is 0 Å². The number of hydrogen-bond donors (Lipinski definition) is 2.